The number of likely N-dealkylation sites (tertiary alicyclic amines) is 1. The van der Waals surface area contributed by atoms with Crippen molar-refractivity contribution in [3.05, 3.63) is 30.3 Å². The van der Waals surface area contributed by atoms with Gasteiger partial charge in [0.2, 0.25) is 5.91 Å². The monoisotopic (exact) mass is 319 g/mol. The summed E-state index contributed by atoms with van der Waals surface area (Å²) in [5.41, 5.74) is 0.820. The Balaban J connectivity index is 1.65. The van der Waals surface area contributed by atoms with E-state index in [0.29, 0.717) is 12.5 Å². The molecule has 3 amide bonds. The standard InChI is InChI=1S/C17H25N3O3/c1-23-13-16(21)18-10-7-14-8-11-20(12-9-14)17(22)19-15-5-3-2-4-6-15/h2-6,14H,7-13H2,1H3,(H,18,21)(H,19,22). The number of nitrogens with zero attached hydrogens (tertiary/aromatic N) is 1. The van der Waals surface area contributed by atoms with Gasteiger partial charge >= 0.3 is 6.03 Å². The van der Waals surface area contributed by atoms with E-state index in [1.807, 2.05) is 35.2 Å². The molecule has 1 fully saturated rings. The number of urea groups is 1. The number of para-hydroxylation sites is 1. The Hall–Kier alpha value is -2.08. The predicted molar refractivity (Wildman–Crippen MR) is 89.3 cm³/mol. The summed E-state index contributed by atoms with van der Waals surface area (Å²) in [6.07, 6.45) is 2.90. The van der Waals surface area contributed by atoms with Crippen LogP contribution in [0.2, 0.25) is 0 Å². The number of hydrogen-bond acceptors (Lipinski definition) is 3. The van der Waals surface area contributed by atoms with Crippen LogP contribution < -0.4 is 10.6 Å². The molecule has 126 valence electrons. The lowest BCUT2D eigenvalue weighted by atomic mass is 9.94. The number of carbonyl (C=O) groups is 2. The minimum absolute atomic E-state index is 0.0388. The van der Waals surface area contributed by atoms with Crippen molar-refractivity contribution in [1.29, 1.82) is 0 Å². The maximum Gasteiger partial charge on any atom is 0.321 e. The first-order valence-corrected chi connectivity index (χ1v) is 8.05. The first kappa shape index (κ1) is 17.3. The van der Waals surface area contributed by atoms with E-state index >= 15 is 0 Å². The molecule has 23 heavy (non-hydrogen) atoms. The van der Waals surface area contributed by atoms with Crippen LogP contribution in [-0.4, -0.2) is 50.2 Å². The van der Waals surface area contributed by atoms with E-state index < -0.39 is 0 Å². The average molecular weight is 319 g/mol. The summed E-state index contributed by atoms with van der Waals surface area (Å²) < 4.78 is 4.77. The molecule has 2 rings (SSSR count). The van der Waals surface area contributed by atoms with E-state index in [9.17, 15) is 9.59 Å². The largest absolute Gasteiger partial charge is 0.375 e. The molecule has 1 saturated heterocycles. The predicted octanol–water partition coefficient (Wildman–Crippen LogP) is 2.08. The third-order valence-electron chi connectivity index (χ3n) is 4.08. The normalized spacial score (nSPS) is 15.3. The van der Waals surface area contributed by atoms with Gasteiger partial charge in [-0.1, -0.05) is 18.2 Å². The van der Waals surface area contributed by atoms with Crippen molar-refractivity contribution in [2.45, 2.75) is 19.3 Å². The number of anilines is 1. The van der Waals surface area contributed by atoms with Gasteiger partial charge in [0.05, 0.1) is 0 Å². The summed E-state index contributed by atoms with van der Waals surface area (Å²) in [7, 11) is 1.51. The zero-order chi connectivity index (χ0) is 16.5. The molecule has 0 radical (unpaired) electrons. The fraction of sp³-hybridized carbons (Fsp3) is 0.529. The van der Waals surface area contributed by atoms with Gasteiger partial charge in [-0.05, 0) is 37.3 Å². The van der Waals surface area contributed by atoms with Crippen LogP contribution >= 0.6 is 0 Å². The molecule has 1 aliphatic heterocycles. The van der Waals surface area contributed by atoms with Crippen molar-refractivity contribution in [1.82, 2.24) is 10.2 Å². The molecule has 1 aromatic carbocycles. The summed E-state index contributed by atoms with van der Waals surface area (Å²) in [6.45, 7) is 2.30. The van der Waals surface area contributed by atoms with E-state index in [0.717, 1.165) is 38.0 Å². The second kappa shape index (κ2) is 9.15. The molecule has 0 saturated carbocycles. The summed E-state index contributed by atoms with van der Waals surface area (Å²) in [5, 5.41) is 5.76. The summed E-state index contributed by atoms with van der Waals surface area (Å²) >= 11 is 0. The van der Waals surface area contributed by atoms with Crippen molar-refractivity contribution in [2.24, 2.45) is 5.92 Å². The van der Waals surface area contributed by atoms with Crippen molar-refractivity contribution in [3.63, 3.8) is 0 Å². The van der Waals surface area contributed by atoms with Crippen molar-refractivity contribution < 1.29 is 14.3 Å². The topological polar surface area (TPSA) is 70.7 Å². The van der Waals surface area contributed by atoms with Crippen LogP contribution in [0.3, 0.4) is 0 Å². The number of amides is 3. The van der Waals surface area contributed by atoms with Crippen LogP contribution in [-0.2, 0) is 9.53 Å². The Morgan fingerprint density at radius 3 is 2.57 bits per heavy atom. The summed E-state index contributed by atoms with van der Waals surface area (Å²) in [5.74, 6) is 0.478. The number of methoxy groups -OCH3 is 1. The smallest absolute Gasteiger partial charge is 0.321 e. The van der Waals surface area contributed by atoms with Gasteiger partial charge in [0.25, 0.3) is 0 Å². The number of nitrogens with one attached hydrogen (secondary N) is 2. The van der Waals surface area contributed by atoms with Gasteiger partial charge in [0.1, 0.15) is 6.61 Å². The second-order valence-corrected chi connectivity index (χ2v) is 5.80. The lowest BCUT2D eigenvalue weighted by Crippen LogP contribution is -2.41. The molecule has 0 aliphatic carbocycles. The van der Waals surface area contributed by atoms with E-state index in [1.54, 1.807) is 0 Å². The van der Waals surface area contributed by atoms with Gasteiger partial charge in [0.15, 0.2) is 0 Å². The Morgan fingerprint density at radius 2 is 1.91 bits per heavy atom. The molecular weight excluding hydrogens is 294 g/mol. The molecular formula is C17H25N3O3. The zero-order valence-corrected chi connectivity index (χ0v) is 13.6. The van der Waals surface area contributed by atoms with E-state index in [-0.39, 0.29) is 18.5 Å². The van der Waals surface area contributed by atoms with Crippen LogP contribution in [0.25, 0.3) is 0 Å². The van der Waals surface area contributed by atoms with Gasteiger partial charge in [0, 0.05) is 32.4 Å². The number of rotatable bonds is 6. The minimum atomic E-state index is -0.0767. The number of hydrogen-bond donors (Lipinski definition) is 2. The number of carbonyl (C=O) groups excluding carboxylic acids is 2. The summed E-state index contributed by atoms with van der Waals surface area (Å²) in [4.78, 5) is 25.3. The maximum atomic E-state index is 12.2. The Morgan fingerprint density at radius 1 is 1.22 bits per heavy atom. The molecule has 0 unspecified atom stereocenters. The van der Waals surface area contributed by atoms with Crippen LogP contribution in [0.4, 0.5) is 10.5 Å². The lowest BCUT2D eigenvalue weighted by molar-refractivity contribution is -0.124. The van der Waals surface area contributed by atoms with E-state index in [1.165, 1.54) is 7.11 Å². The fourth-order valence-electron chi connectivity index (χ4n) is 2.75. The molecule has 0 atom stereocenters. The Labute approximate surface area is 137 Å². The molecule has 1 aliphatic rings. The summed E-state index contributed by atoms with van der Waals surface area (Å²) in [6, 6.07) is 9.45. The second-order valence-electron chi connectivity index (χ2n) is 5.80. The van der Waals surface area contributed by atoms with Crippen LogP contribution in [0.1, 0.15) is 19.3 Å². The van der Waals surface area contributed by atoms with Crippen molar-refractivity contribution in [2.75, 3.05) is 38.7 Å². The Kier molecular flexibility index (Phi) is 6.87. The van der Waals surface area contributed by atoms with Crippen LogP contribution in [0.5, 0.6) is 0 Å². The third kappa shape index (κ3) is 5.90. The highest BCUT2D eigenvalue weighted by Gasteiger charge is 2.22. The Bertz CT molecular complexity index is 499. The SMILES string of the molecule is COCC(=O)NCCC1CCN(C(=O)Nc2ccccc2)CC1. The maximum absolute atomic E-state index is 12.2. The molecule has 1 heterocycles. The number of ether oxygens (including phenoxy) is 1. The highest BCUT2D eigenvalue weighted by molar-refractivity contribution is 5.89. The molecule has 0 aromatic heterocycles. The molecule has 1 aromatic rings. The molecule has 6 nitrogen and oxygen atoms in total. The first-order valence-electron chi connectivity index (χ1n) is 8.05. The van der Waals surface area contributed by atoms with Gasteiger partial charge in [-0.25, -0.2) is 4.79 Å². The highest BCUT2D eigenvalue weighted by Crippen LogP contribution is 2.20. The molecule has 0 spiro atoms. The molecule has 6 heteroatoms. The van der Waals surface area contributed by atoms with Gasteiger partial charge < -0.3 is 20.3 Å². The van der Waals surface area contributed by atoms with E-state index in [4.69, 9.17) is 4.74 Å². The van der Waals surface area contributed by atoms with Gasteiger partial charge in [-0.15, -0.1) is 0 Å². The van der Waals surface area contributed by atoms with Gasteiger partial charge in [-0.2, -0.15) is 0 Å². The minimum Gasteiger partial charge on any atom is -0.375 e. The fourth-order valence-corrected chi connectivity index (χ4v) is 2.75. The number of benzene rings is 1. The number of piperidine rings is 1. The zero-order valence-electron chi connectivity index (χ0n) is 13.6. The highest BCUT2D eigenvalue weighted by atomic mass is 16.5. The third-order valence-corrected chi connectivity index (χ3v) is 4.08. The van der Waals surface area contributed by atoms with Crippen LogP contribution in [0, 0.1) is 5.92 Å². The average Bonchev–Trinajstić information content (AvgIpc) is 2.56. The van der Waals surface area contributed by atoms with Crippen molar-refractivity contribution in [3.8, 4) is 0 Å². The van der Waals surface area contributed by atoms with Crippen LogP contribution in [0.15, 0.2) is 30.3 Å². The quantitative estimate of drug-likeness (QED) is 0.843. The molecule has 2 N–H and O–H groups in total. The first-order chi connectivity index (χ1) is 11.2. The van der Waals surface area contributed by atoms with E-state index in [2.05, 4.69) is 10.6 Å². The lowest BCUT2D eigenvalue weighted by Gasteiger charge is -2.32. The molecule has 0 bridgehead atoms. The van der Waals surface area contributed by atoms with Gasteiger partial charge in [-0.3, -0.25) is 4.79 Å². The van der Waals surface area contributed by atoms with Crippen molar-refractivity contribution >= 4 is 17.6 Å².